The summed E-state index contributed by atoms with van der Waals surface area (Å²) in [6.45, 7) is 1.96. The molecule has 0 bridgehead atoms. The number of nitrogens with zero attached hydrogens (tertiary/aromatic N) is 3. The van der Waals surface area contributed by atoms with Crippen molar-refractivity contribution in [1.29, 1.82) is 0 Å². The second kappa shape index (κ2) is 8.70. The van der Waals surface area contributed by atoms with Gasteiger partial charge in [-0.15, -0.1) is 0 Å². The van der Waals surface area contributed by atoms with Gasteiger partial charge in [0.05, 0.1) is 5.56 Å². The third-order valence-electron chi connectivity index (χ3n) is 5.79. The van der Waals surface area contributed by atoms with Crippen molar-refractivity contribution < 1.29 is 19.5 Å². The second-order valence-electron chi connectivity index (χ2n) is 8.05. The molecule has 0 atom stereocenters. The number of piperazine rings is 1. The normalized spacial score (nSPS) is 13.8. The lowest BCUT2D eigenvalue weighted by Gasteiger charge is -2.36. The molecule has 164 valence electrons. The monoisotopic (exact) mass is 431 g/mol. The number of amides is 3. The quantitative estimate of drug-likeness (QED) is 0.687. The van der Waals surface area contributed by atoms with Crippen molar-refractivity contribution in [2.24, 2.45) is 0 Å². The predicted octanol–water partition coefficient (Wildman–Crippen LogP) is 3.64. The van der Waals surface area contributed by atoms with Gasteiger partial charge in [-0.05, 0) is 40.1 Å². The number of aromatic carboxylic acids is 1. The number of carboxylic acids is 1. The summed E-state index contributed by atoms with van der Waals surface area (Å²) in [5.41, 5.74) is 2.49. The van der Waals surface area contributed by atoms with Crippen molar-refractivity contribution in [2.75, 3.05) is 40.3 Å². The molecule has 0 aliphatic carbocycles. The number of carboxylic acid groups (broad SMARTS) is 1. The molecule has 1 aliphatic rings. The van der Waals surface area contributed by atoms with E-state index in [-0.39, 0.29) is 17.5 Å². The zero-order chi connectivity index (χ0) is 22.8. The van der Waals surface area contributed by atoms with E-state index in [0.717, 1.165) is 21.9 Å². The number of urea groups is 1. The first-order chi connectivity index (χ1) is 15.4. The summed E-state index contributed by atoms with van der Waals surface area (Å²) in [4.78, 5) is 42.0. The number of carbonyl (C=O) groups is 3. The van der Waals surface area contributed by atoms with Gasteiger partial charge in [0.1, 0.15) is 0 Å². The van der Waals surface area contributed by atoms with E-state index in [9.17, 15) is 19.5 Å². The van der Waals surface area contributed by atoms with Crippen LogP contribution in [0.5, 0.6) is 0 Å². The molecule has 4 rings (SSSR count). The third kappa shape index (κ3) is 4.01. The van der Waals surface area contributed by atoms with Crippen LogP contribution in [0.15, 0.2) is 60.7 Å². The molecule has 7 heteroatoms. The van der Waals surface area contributed by atoms with Gasteiger partial charge >= 0.3 is 12.0 Å². The maximum absolute atomic E-state index is 13.3. The van der Waals surface area contributed by atoms with Crippen LogP contribution >= 0.6 is 0 Å². The molecule has 0 saturated carbocycles. The molecule has 1 N–H and O–H groups in total. The van der Waals surface area contributed by atoms with Gasteiger partial charge in [0.25, 0.3) is 5.91 Å². The molecule has 1 heterocycles. The summed E-state index contributed by atoms with van der Waals surface area (Å²) in [6, 6.07) is 18.1. The Balaban J connectivity index is 1.65. The first kappa shape index (κ1) is 21.4. The molecule has 0 radical (unpaired) electrons. The Bertz CT molecular complexity index is 1200. The van der Waals surface area contributed by atoms with Gasteiger partial charge < -0.3 is 19.8 Å². The molecule has 0 aromatic heterocycles. The fourth-order valence-electron chi connectivity index (χ4n) is 4.11. The number of rotatable bonds is 3. The van der Waals surface area contributed by atoms with Gasteiger partial charge in [0.2, 0.25) is 0 Å². The van der Waals surface area contributed by atoms with E-state index in [1.165, 1.54) is 0 Å². The minimum atomic E-state index is -0.977. The zero-order valence-corrected chi connectivity index (χ0v) is 18.1. The number of fused-ring (bicyclic) bond motifs is 1. The lowest BCUT2D eigenvalue weighted by Crippen LogP contribution is -2.52. The highest BCUT2D eigenvalue weighted by molar-refractivity contribution is 6.11. The molecule has 3 amide bonds. The summed E-state index contributed by atoms with van der Waals surface area (Å²) in [5, 5.41) is 11.0. The Hall–Kier alpha value is -3.87. The molecule has 1 fully saturated rings. The third-order valence-corrected chi connectivity index (χ3v) is 5.79. The lowest BCUT2D eigenvalue weighted by atomic mass is 9.93. The molecular formula is C25H25N3O4. The van der Waals surface area contributed by atoms with Crippen LogP contribution in [0, 0.1) is 0 Å². The summed E-state index contributed by atoms with van der Waals surface area (Å²) in [6.07, 6.45) is 0. The largest absolute Gasteiger partial charge is 0.478 e. The van der Waals surface area contributed by atoms with Gasteiger partial charge in [-0.1, -0.05) is 42.5 Å². The first-order valence-electron chi connectivity index (χ1n) is 10.5. The summed E-state index contributed by atoms with van der Waals surface area (Å²) in [7, 11) is 3.44. The van der Waals surface area contributed by atoms with E-state index in [0.29, 0.717) is 31.7 Å². The average Bonchev–Trinajstić information content (AvgIpc) is 2.82. The molecule has 0 unspecified atom stereocenters. The molecule has 32 heavy (non-hydrogen) atoms. The lowest BCUT2D eigenvalue weighted by molar-refractivity contribution is 0.0651. The van der Waals surface area contributed by atoms with Crippen LogP contribution in [0.1, 0.15) is 20.7 Å². The Kier molecular flexibility index (Phi) is 5.81. The number of hydrogen-bond acceptors (Lipinski definition) is 3. The zero-order valence-electron chi connectivity index (χ0n) is 18.1. The maximum Gasteiger partial charge on any atom is 0.335 e. The maximum atomic E-state index is 13.3. The van der Waals surface area contributed by atoms with E-state index >= 15 is 0 Å². The Morgan fingerprint density at radius 2 is 1.47 bits per heavy atom. The fourth-order valence-corrected chi connectivity index (χ4v) is 4.11. The summed E-state index contributed by atoms with van der Waals surface area (Å²) >= 11 is 0. The van der Waals surface area contributed by atoms with E-state index < -0.39 is 5.97 Å². The summed E-state index contributed by atoms with van der Waals surface area (Å²) < 4.78 is 0. The van der Waals surface area contributed by atoms with Crippen LogP contribution in [-0.4, -0.2) is 78.0 Å². The van der Waals surface area contributed by atoms with Crippen molar-refractivity contribution in [3.05, 3.63) is 71.8 Å². The van der Waals surface area contributed by atoms with Crippen molar-refractivity contribution in [3.8, 4) is 11.1 Å². The molecule has 7 nitrogen and oxygen atoms in total. The van der Waals surface area contributed by atoms with Crippen LogP contribution in [0.2, 0.25) is 0 Å². The summed E-state index contributed by atoms with van der Waals surface area (Å²) in [5.74, 6) is -1.04. The molecular weight excluding hydrogens is 406 g/mol. The molecule has 1 saturated heterocycles. The average molecular weight is 431 g/mol. The van der Waals surface area contributed by atoms with Gasteiger partial charge in [-0.25, -0.2) is 9.59 Å². The van der Waals surface area contributed by atoms with Gasteiger partial charge in [0, 0.05) is 45.8 Å². The predicted molar refractivity (Wildman–Crippen MR) is 123 cm³/mol. The topological polar surface area (TPSA) is 81.2 Å². The molecule has 3 aromatic carbocycles. The standard InChI is InChI=1S/C25H25N3O4/c1-26(2)25(32)28-14-12-27(13-15-28)23(29)22-11-10-19(20-8-3-4-9-21(20)22)17-6-5-7-18(16-17)24(30)31/h3-11,16H,12-15H2,1-2H3,(H,30,31). The van der Waals surface area contributed by atoms with Gasteiger partial charge in [0.15, 0.2) is 0 Å². The first-order valence-corrected chi connectivity index (χ1v) is 10.5. The highest BCUT2D eigenvalue weighted by Crippen LogP contribution is 2.32. The van der Waals surface area contributed by atoms with Gasteiger partial charge in [-0.3, -0.25) is 4.79 Å². The van der Waals surface area contributed by atoms with Crippen molar-refractivity contribution >= 4 is 28.7 Å². The van der Waals surface area contributed by atoms with Crippen LogP contribution in [0.3, 0.4) is 0 Å². The fraction of sp³-hybridized carbons (Fsp3) is 0.240. The Morgan fingerprint density at radius 3 is 2.12 bits per heavy atom. The van der Waals surface area contributed by atoms with Crippen LogP contribution in [0.25, 0.3) is 21.9 Å². The highest BCUT2D eigenvalue weighted by atomic mass is 16.4. The van der Waals surface area contributed by atoms with Crippen LogP contribution in [0.4, 0.5) is 4.79 Å². The number of carbonyl (C=O) groups excluding carboxylic acids is 2. The van der Waals surface area contributed by atoms with Crippen molar-refractivity contribution in [2.45, 2.75) is 0 Å². The van der Waals surface area contributed by atoms with Crippen LogP contribution in [-0.2, 0) is 0 Å². The molecule has 1 aliphatic heterocycles. The number of hydrogen-bond donors (Lipinski definition) is 1. The van der Waals surface area contributed by atoms with E-state index in [2.05, 4.69) is 0 Å². The SMILES string of the molecule is CN(C)C(=O)N1CCN(C(=O)c2ccc(-c3cccc(C(=O)O)c3)c3ccccc23)CC1. The van der Waals surface area contributed by atoms with Crippen LogP contribution < -0.4 is 0 Å². The minimum absolute atomic E-state index is 0.0458. The number of benzene rings is 3. The Labute approximate surface area is 186 Å². The van der Waals surface area contributed by atoms with E-state index in [4.69, 9.17) is 0 Å². The second-order valence-corrected chi connectivity index (χ2v) is 8.05. The molecule has 0 spiro atoms. The van der Waals surface area contributed by atoms with E-state index in [1.807, 2.05) is 42.5 Å². The molecule has 3 aromatic rings. The Morgan fingerprint density at radius 1 is 0.812 bits per heavy atom. The smallest absolute Gasteiger partial charge is 0.335 e. The van der Waals surface area contributed by atoms with Crippen molar-refractivity contribution in [3.63, 3.8) is 0 Å². The highest BCUT2D eigenvalue weighted by Gasteiger charge is 2.26. The van der Waals surface area contributed by atoms with Crippen molar-refractivity contribution in [1.82, 2.24) is 14.7 Å². The van der Waals surface area contributed by atoms with E-state index in [1.54, 1.807) is 47.0 Å². The minimum Gasteiger partial charge on any atom is -0.478 e. The van der Waals surface area contributed by atoms with Gasteiger partial charge in [-0.2, -0.15) is 0 Å².